The Hall–Kier alpha value is -20.3. The number of benzene rings is 2. The molecule has 0 atom stereocenters. The molecule has 14 aromatic heterocycles. The highest BCUT2D eigenvalue weighted by Gasteiger charge is 2.28. The van der Waals surface area contributed by atoms with E-state index in [1.165, 1.54) is 93.5 Å². The van der Waals surface area contributed by atoms with Crippen molar-refractivity contribution in [3.63, 3.8) is 0 Å². The van der Waals surface area contributed by atoms with Crippen molar-refractivity contribution in [2.24, 2.45) is 0 Å². The number of aromatic carboxylic acids is 1. The zero-order chi connectivity index (χ0) is 104. The Morgan fingerprint density at radius 3 is 1.12 bits per heavy atom. The summed E-state index contributed by atoms with van der Waals surface area (Å²) in [6.45, 7) is 9.80. The highest BCUT2D eigenvalue weighted by atomic mass is 16.5. The number of carbonyl (C=O) groups is 12. The molecule has 2 aliphatic carbocycles. The van der Waals surface area contributed by atoms with Gasteiger partial charge in [0.1, 0.15) is 66.4 Å². The number of aromatic hydroxyl groups is 1. The number of carbonyl (C=O) groups excluding carboxylic acids is 11. The number of phenolic OH excluding ortho intramolecular Hbond substituents is 1. The number of aromatic amines is 1. The number of H-pyrrole nitrogens is 1. The minimum absolute atomic E-state index is 0.0267. The molecule has 16 aromatic rings. The Kier molecular flexibility index (Phi) is 36.2. The van der Waals surface area contributed by atoms with Gasteiger partial charge in [0, 0.05) is 111 Å². The van der Waals surface area contributed by atoms with Crippen molar-refractivity contribution in [3.8, 4) is 40.7 Å². The van der Waals surface area contributed by atoms with Crippen LogP contribution in [0.3, 0.4) is 0 Å². The van der Waals surface area contributed by atoms with Crippen LogP contribution in [0, 0.1) is 13.8 Å². The van der Waals surface area contributed by atoms with E-state index in [0.29, 0.717) is 89.9 Å². The van der Waals surface area contributed by atoms with E-state index < -0.39 is 53.4 Å². The van der Waals surface area contributed by atoms with E-state index in [4.69, 9.17) is 14.2 Å². The van der Waals surface area contributed by atoms with Gasteiger partial charge in [-0.3, -0.25) is 61.2 Å². The van der Waals surface area contributed by atoms with E-state index in [9.17, 15) is 67.7 Å². The molecule has 0 radical (unpaired) electrons. The first-order chi connectivity index (χ1) is 71.3. The largest absolute Gasteiger partial charge is 0.508 e. The molecule has 0 fully saturated rings. The van der Waals surface area contributed by atoms with Crippen LogP contribution in [0.1, 0.15) is 188 Å². The zero-order valence-corrected chi connectivity index (χ0v) is 79.4. The highest BCUT2D eigenvalue weighted by Crippen LogP contribution is 2.31. The summed E-state index contributed by atoms with van der Waals surface area (Å²) in [6, 6.07) is 29.3. The maximum absolute atomic E-state index is 12.5. The van der Waals surface area contributed by atoms with Gasteiger partial charge in [-0.25, -0.2) is 58.7 Å². The number of hydrogen-bond acceptors (Lipinski definition) is 37. The quantitative estimate of drug-likeness (QED) is 0.00977. The van der Waals surface area contributed by atoms with Gasteiger partial charge in [0.05, 0.1) is 67.8 Å². The van der Waals surface area contributed by atoms with Crippen LogP contribution in [-0.2, 0) is 33.3 Å². The average molecular weight is 1990 g/mol. The predicted octanol–water partition coefficient (Wildman–Crippen LogP) is 10.2. The minimum Gasteiger partial charge on any atom is -0.508 e. The van der Waals surface area contributed by atoms with Crippen LogP contribution in [-0.4, -0.2) is 244 Å². The number of aryl methyl sites for hydroxylation is 2. The van der Waals surface area contributed by atoms with Crippen molar-refractivity contribution in [2.45, 2.75) is 86.0 Å². The first-order valence-electron chi connectivity index (χ1n) is 44.7. The molecular formula is C97H91N31O19. The molecule has 0 unspecified atom stereocenters. The van der Waals surface area contributed by atoms with Gasteiger partial charge in [-0.1, -0.05) is 5.57 Å². The number of Topliss-reactive ketones (excluding diaryl/α,β-unsaturated/α-hetero) is 1. The fourth-order valence-electron chi connectivity index (χ4n) is 13.7. The Bertz CT molecular complexity index is 7330. The molecule has 0 bridgehead atoms. The number of phenols is 1. The summed E-state index contributed by atoms with van der Waals surface area (Å²) >= 11 is 0. The molecule has 14 heterocycles. The summed E-state index contributed by atoms with van der Waals surface area (Å²) in [5, 5.41) is 79.3. The van der Waals surface area contributed by atoms with E-state index in [0.717, 1.165) is 42.4 Å². The summed E-state index contributed by atoms with van der Waals surface area (Å²) in [5.74, 6) is -2.81. The number of amides is 5. The maximum atomic E-state index is 12.5. The monoisotopic (exact) mass is 1990 g/mol. The Labute approximate surface area is 833 Å². The Morgan fingerprint density at radius 1 is 0.347 bits per heavy atom. The summed E-state index contributed by atoms with van der Waals surface area (Å²) in [4.78, 5) is 175. The molecule has 0 saturated heterocycles. The second-order valence-electron chi connectivity index (χ2n) is 30.8. The number of carboxylic acids is 1. The number of hydrogen-bond donors (Lipinski definition) is 8. The number of nitrogens with zero attached hydrogens (tertiary/aromatic N) is 25. The number of methoxy groups -OCH3 is 2. The summed E-state index contributed by atoms with van der Waals surface area (Å²) < 4.78 is 34.4. The van der Waals surface area contributed by atoms with E-state index >= 15 is 0 Å². The smallest absolute Gasteiger partial charge is 0.341 e. The van der Waals surface area contributed by atoms with E-state index in [-0.39, 0.29) is 110 Å². The molecule has 8 N–H and O–H groups in total. The number of pyridine rings is 1. The van der Waals surface area contributed by atoms with Gasteiger partial charge in [-0.2, -0.15) is 0 Å². The maximum Gasteiger partial charge on any atom is 0.341 e. The number of aromatic nitrogens is 26. The first kappa shape index (κ1) is 104. The van der Waals surface area contributed by atoms with Crippen LogP contribution in [0.4, 0.5) is 22.9 Å². The number of rotatable bonds is 28. The molecule has 50 nitrogen and oxygen atoms in total. The fourth-order valence-corrected chi connectivity index (χ4v) is 13.7. The minimum atomic E-state index is -1.11. The van der Waals surface area contributed by atoms with Crippen LogP contribution in [0.25, 0.3) is 34.9 Å². The number of nitrogens with one attached hydrogen (secondary N) is 6. The molecule has 2 aliphatic rings. The van der Waals surface area contributed by atoms with E-state index in [1.54, 1.807) is 215 Å². The third-order valence-electron chi connectivity index (χ3n) is 21.2. The van der Waals surface area contributed by atoms with Gasteiger partial charge in [0.2, 0.25) is 0 Å². The summed E-state index contributed by atoms with van der Waals surface area (Å²) in [7, 11) is 2.46. The third kappa shape index (κ3) is 28.1. The van der Waals surface area contributed by atoms with Gasteiger partial charge in [-0.15, -0.1) is 61.2 Å². The molecule has 18 rings (SSSR count). The third-order valence-corrected chi connectivity index (χ3v) is 21.2. The Morgan fingerprint density at radius 2 is 0.721 bits per heavy atom. The summed E-state index contributed by atoms with van der Waals surface area (Å²) in [6.07, 6.45) is 39.4. The summed E-state index contributed by atoms with van der Waals surface area (Å²) in [5.41, 5.74) is 6.36. The molecule has 748 valence electrons. The second-order valence-corrected chi connectivity index (χ2v) is 30.8. The molecule has 0 spiro atoms. The van der Waals surface area contributed by atoms with Crippen LogP contribution in [0.5, 0.6) is 5.75 Å². The van der Waals surface area contributed by atoms with Crippen LogP contribution in [0.15, 0.2) is 269 Å². The first-order valence-corrected chi connectivity index (χ1v) is 44.7. The molecule has 0 aliphatic heterocycles. The number of ether oxygens (including phenoxy) is 5. The lowest BCUT2D eigenvalue weighted by Gasteiger charge is -2.18. The number of ketones is 1. The molecular weight excluding hydrogens is 1900 g/mol. The average Bonchev–Trinajstić information content (AvgIpc) is 1.77. The lowest BCUT2D eigenvalue weighted by molar-refractivity contribution is -0.139. The van der Waals surface area contributed by atoms with Gasteiger partial charge < -0.3 is 65.5 Å². The van der Waals surface area contributed by atoms with E-state index in [1.807, 2.05) is 13.8 Å². The van der Waals surface area contributed by atoms with Gasteiger partial charge in [-0.05, 0) is 206 Å². The highest BCUT2D eigenvalue weighted by molar-refractivity contribution is 6.10. The normalized spacial score (nSPS) is 11.6. The number of imidazole rings is 6. The van der Waals surface area contributed by atoms with Crippen LogP contribution >= 0.6 is 0 Å². The van der Waals surface area contributed by atoms with Crippen LogP contribution in [0.2, 0.25) is 0 Å². The van der Waals surface area contributed by atoms with Crippen molar-refractivity contribution >= 4 is 94.0 Å². The number of allylic oxidation sites excluding steroid dienone is 2. The fraction of sp³-hybridized carbons (Fsp3) is 0.186. The topological polar surface area (TPSA) is 642 Å². The lowest BCUT2D eigenvalue weighted by Crippen LogP contribution is -2.25. The predicted molar refractivity (Wildman–Crippen MR) is 517 cm³/mol. The molecule has 147 heavy (non-hydrogen) atoms. The molecule has 2 aromatic carbocycles. The van der Waals surface area contributed by atoms with Crippen LogP contribution < -0.4 is 26.6 Å². The molecule has 5 amide bonds. The van der Waals surface area contributed by atoms with Crippen molar-refractivity contribution in [1.29, 1.82) is 0 Å². The molecule has 0 saturated carbocycles. The number of carboxylic acid groups (broad SMARTS) is 1. The lowest BCUT2D eigenvalue weighted by atomic mass is 9.88. The van der Waals surface area contributed by atoms with Crippen molar-refractivity contribution in [2.75, 3.05) is 55.3 Å². The van der Waals surface area contributed by atoms with Crippen molar-refractivity contribution in [1.82, 2.24) is 134 Å². The van der Waals surface area contributed by atoms with E-state index in [2.05, 4.69) is 137 Å². The second kappa shape index (κ2) is 51.1. The Balaban J connectivity index is 0.000000147. The SMILES string of the molecule is CCOC(=O)C1=C(CC(=O)c2ccc(-n3ccnc3)nn2)CCCC1.CCOC(=O)C1=C(NC(=O)c2ccc(-n3ccnc3)nn2)CCC1.CCOC(=O)c1cc[nH]c1NC(=O)c1ccc(-n2ccnc2)nn1.COC(=O)c1cc(O)ccc1NC(=O)c1ccc(-n2ccnc2)nn1.COC(=O)c1cnccc1NC(=O)c1ccc(-n2ccnc2)nn1.Cc1cc(NC(=O)c2ccc(-n3ccnc3)nn2)c(C(=O)O)cc1C. The molecule has 50 heteroatoms. The van der Waals surface area contributed by atoms with Crippen molar-refractivity contribution < 1.29 is 91.4 Å². The van der Waals surface area contributed by atoms with Gasteiger partial charge >= 0.3 is 35.8 Å². The zero-order valence-electron chi connectivity index (χ0n) is 79.4. The van der Waals surface area contributed by atoms with Gasteiger partial charge in [0.25, 0.3) is 29.5 Å². The number of anilines is 4. The van der Waals surface area contributed by atoms with Crippen molar-refractivity contribution in [3.05, 3.63) is 336 Å². The standard InChI is InChI=1S/C18H20N4O3.C17H15N5O3.C16H13N5O4.C16H17N5O3.C15H12N6O3.C15H14N6O3/c1-2-25-18(24)14-6-4-3-5-13(14)11-16(23)15-7-8-17(21-20-15)22-10-9-19-12-22;1-10-7-12(17(24)25)14(8-11(10)2)19-16(23)13-3-4-15(21-20-13)22-6-5-18-9-22;1-25-16(24)11-8-10(22)2-3-12(11)18-15(23)13-4-5-14(20-19-13)21-7-6-17-9-21;1-2-24-16(23)11-4-3-5-12(11)18-15(22)13-6-7-14(20-19-13)21-9-8-17-10-21;1-24-15(23)10-8-16-5-4-11(10)18-14(22)12-2-3-13(20-19-12)21-7-6-17-9-21;1-2-24-15(23)10-5-6-17-13(10)18-14(22)11-3-4-12(20-19-11)21-8-7-16-9-21/h7-10,12H,2-6,11H2,1H3;3-9H,1-2H3,(H,19,23)(H,24,25);2-9,22H,1H3,(H,18,23);6-10H,2-5H2,1H3,(H,18,22);2-9H,1H3,(H,16,18,22);3-9,17H,2H2,1H3,(H,18,22). The van der Waals surface area contributed by atoms with Gasteiger partial charge in [0.15, 0.2) is 69.2 Å². The number of esters is 5.